The van der Waals surface area contributed by atoms with Crippen molar-refractivity contribution in [1.82, 2.24) is 15.0 Å². The highest BCUT2D eigenvalue weighted by atomic mass is 16.5. The zero-order chi connectivity index (χ0) is 11.3. The number of aromatic nitrogens is 3. The van der Waals surface area contributed by atoms with Crippen molar-refractivity contribution in [3.63, 3.8) is 0 Å². The summed E-state index contributed by atoms with van der Waals surface area (Å²) in [4.78, 5) is 10.7. The molecule has 5 nitrogen and oxygen atoms in total. The van der Waals surface area contributed by atoms with Gasteiger partial charge in [0.15, 0.2) is 6.29 Å². The summed E-state index contributed by atoms with van der Waals surface area (Å²) in [7, 11) is 0. The van der Waals surface area contributed by atoms with Crippen LogP contribution in [0.4, 0.5) is 0 Å². The molecule has 1 aromatic heterocycles. The Balaban J connectivity index is 2.78. The van der Waals surface area contributed by atoms with Gasteiger partial charge in [0.2, 0.25) is 0 Å². The summed E-state index contributed by atoms with van der Waals surface area (Å²) in [5.74, 6) is 0.238. The van der Waals surface area contributed by atoms with Gasteiger partial charge in [-0.15, -0.1) is 5.10 Å². The van der Waals surface area contributed by atoms with Gasteiger partial charge in [-0.05, 0) is 12.8 Å². The molecule has 0 N–H and O–H groups in total. The van der Waals surface area contributed by atoms with Gasteiger partial charge in [-0.25, -0.2) is 4.68 Å². The molecule has 0 amide bonds. The average molecular weight is 211 g/mol. The van der Waals surface area contributed by atoms with Gasteiger partial charge in [-0.3, -0.25) is 4.79 Å². The minimum Gasteiger partial charge on any atom is -0.380 e. The molecule has 0 radical (unpaired) electrons. The van der Waals surface area contributed by atoms with E-state index in [2.05, 4.69) is 10.3 Å². The van der Waals surface area contributed by atoms with Gasteiger partial charge in [0.25, 0.3) is 0 Å². The predicted octanol–water partition coefficient (Wildman–Crippen LogP) is 1.25. The van der Waals surface area contributed by atoms with Crippen molar-refractivity contribution < 1.29 is 9.53 Å². The van der Waals surface area contributed by atoms with Crippen LogP contribution in [0.2, 0.25) is 0 Å². The Labute approximate surface area is 89.4 Å². The average Bonchev–Trinajstić information content (AvgIpc) is 2.61. The minimum absolute atomic E-state index is 0.238. The van der Waals surface area contributed by atoms with E-state index in [-0.39, 0.29) is 5.92 Å². The summed E-state index contributed by atoms with van der Waals surface area (Å²) in [6.45, 7) is 7.90. The fraction of sp³-hybridized carbons (Fsp3) is 0.700. The van der Waals surface area contributed by atoms with Crippen molar-refractivity contribution in [3.8, 4) is 0 Å². The fourth-order valence-corrected chi connectivity index (χ4v) is 1.47. The van der Waals surface area contributed by atoms with Crippen LogP contribution < -0.4 is 0 Å². The lowest BCUT2D eigenvalue weighted by Gasteiger charge is -2.09. The third-order valence-corrected chi connectivity index (χ3v) is 2.11. The second kappa shape index (κ2) is 5.60. The van der Waals surface area contributed by atoms with E-state index < -0.39 is 0 Å². The molecule has 0 bridgehead atoms. The van der Waals surface area contributed by atoms with Crippen molar-refractivity contribution >= 4 is 6.29 Å². The molecule has 84 valence electrons. The number of aldehydes is 1. The minimum atomic E-state index is 0.238. The van der Waals surface area contributed by atoms with Gasteiger partial charge in [0.1, 0.15) is 5.69 Å². The molecule has 15 heavy (non-hydrogen) atoms. The standard InChI is InChI=1S/C10H17N3O2/c1-4-15-6-5-13-10(8(2)3)9(7-14)11-12-13/h7-8H,4-6H2,1-3H3. The Kier molecular flexibility index (Phi) is 4.42. The molecule has 1 rings (SSSR count). The van der Waals surface area contributed by atoms with Crippen molar-refractivity contribution in [3.05, 3.63) is 11.4 Å². The summed E-state index contributed by atoms with van der Waals surface area (Å²) >= 11 is 0. The van der Waals surface area contributed by atoms with E-state index in [9.17, 15) is 4.79 Å². The SMILES string of the molecule is CCOCCn1nnc(C=O)c1C(C)C. The first-order valence-corrected chi connectivity index (χ1v) is 5.17. The third-order valence-electron chi connectivity index (χ3n) is 2.11. The molecule has 0 aromatic carbocycles. The number of ether oxygens (including phenoxy) is 1. The molecule has 0 atom stereocenters. The van der Waals surface area contributed by atoms with Crippen LogP contribution in [0.5, 0.6) is 0 Å². The molecular weight excluding hydrogens is 194 g/mol. The van der Waals surface area contributed by atoms with Gasteiger partial charge in [0.05, 0.1) is 18.8 Å². The Morgan fingerprint density at radius 3 is 2.80 bits per heavy atom. The normalized spacial score (nSPS) is 10.9. The van der Waals surface area contributed by atoms with Gasteiger partial charge >= 0.3 is 0 Å². The lowest BCUT2D eigenvalue weighted by molar-refractivity contribution is 0.111. The Morgan fingerprint density at radius 2 is 2.27 bits per heavy atom. The molecule has 1 heterocycles. The summed E-state index contributed by atoms with van der Waals surface area (Å²) in [5, 5.41) is 7.76. The molecule has 0 spiro atoms. The Bertz CT molecular complexity index is 320. The highest BCUT2D eigenvalue weighted by Crippen LogP contribution is 2.15. The highest BCUT2D eigenvalue weighted by Gasteiger charge is 2.14. The number of nitrogens with zero attached hydrogens (tertiary/aromatic N) is 3. The van der Waals surface area contributed by atoms with Gasteiger partial charge in [-0.2, -0.15) is 0 Å². The lowest BCUT2D eigenvalue weighted by atomic mass is 10.1. The largest absolute Gasteiger partial charge is 0.380 e. The molecule has 0 saturated carbocycles. The van der Waals surface area contributed by atoms with Crippen LogP contribution >= 0.6 is 0 Å². The third kappa shape index (κ3) is 2.86. The maximum Gasteiger partial charge on any atom is 0.172 e. The highest BCUT2D eigenvalue weighted by molar-refractivity contribution is 5.73. The van der Waals surface area contributed by atoms with E-state index in [1.54, 1.807) is 4.68 Å². The molecule has 1 aromatic rings. The second-order valence-electron chi connectivity index (χ2n) is 3.55. The predicted molar refractivity (Wildman–Crippen MR) is 56.0 cm³/mol. The van der Waals surface area contributed by atoms with Crippen LogP contribution in [0.25, 0.3) is 0 Å². The lowest BCUT2D eigenvalue weighted by Crippen LogP contribution is -2.12. The summed E-state index contributed by atoms with van der Waals surface area (Å²) < 4.78 is 6.98. The van der Waals surface area contributed by atoms with Crippen LogP contribution in [-0.4, -0.2) is 34.5 Å². The van der Waals surface area contributed by atoms with E-state index >= 15 is 0 Å². The first-order chi connectivity index (χ1) is 7.20. The molecule has 5 heteroatoms. The molecule has 0 fully saturated rings. The number of hydrogen-bond acceptors (Lipinski definition) is 4. The van der Waals surface area contributed by atoms with Gasteiger partial charge < -0.3 is 4.74 Å². The number of carbonyl (C=O) groups excluding carboxylic acids is 1. The van der Waals surface area contributed by atoms with Crippen molar-refractivity contribution in [2.45, 2.75) is 33.2 Å². The Morgan fingerprint density at radius 1 is 1.53 bits per heavy atom. The Hall–Kier alpha value is -1.23. The fourth-order valence-electron chi connectivity index (χ4n) is 1.47. The number of hydrogen-bond donors (Lipinski definition) is 0. The van der Waals surface area contributed by atoms with Crippen molar-refractivity contribution in [1.29, 1.82) is 0 Å². The maximum atomic E-state index is 10.7. The molecule has 0 aliphatic heterocycles. The quantitative estimate of drug-likeness (QED) is 0.525. The number of rotatable bonds is 6. The zero-order valence-electron chi connectivity index (χ0n) is 9.43. The zero-order valence-corrected chi connectivity index (χ0v) is 9.43. The van der Waals surface area contributed by atoms with Crippen molar-refractivity contribution in [2.24, 2.45) is 0 Å². The first-order valence-electron chi connectivity index (χ1n) is 5.17. The number of carbonyl (C=O) groups is 1. The van der Waals surface area contributed by atoms with E-state index in [1.165, 1.54) is 0 Å². The van der Waals surface area contributed by atoms with Gasteiger partial charge in [0, 0.05) is 6.61 Å². The second-order valence-corrected chi connectivity index (χ2v) is 3.55. The maximum absolute atomic E-state index is 10.7. The smallest absolute Gasteiger partial charge is 0.172 e. The van der Waals surface area contributed by atoms with Crippen molar-refractivity contribution in [2.75, 3.05) is 13.2 Å². The van der Waals surface area contributed by atoms with Gasteiger partial charge in [-0.1, -0.05) is 19.1 Å². The summed E-state index contributed by atoms with van der Waals surface area (Å²) in [5.41, 5.74) is 1.31. The summed E-state index contributed by atoms with van der Waals surface area (Å²) in [6, 6.07) is 0. The first kappa shape index (κ1) is 11.8. The van der Waals surface area contributed by atoms with Crippen LogP contribution in [-0.2, 0) is 11.3 Å². The topological polar surface area (TPSA) is 57.0 Å². The van der Waals surface area contributed by atoms with Crippen LogP contribution in [0.3, 0.4) is 0 Å². The van der Waals surface area contributed by atoms with E-state index in [1.807, 2.05) is 20.8 Å². The van der Waals surface area contributed by atoms with E-state index in [0.717, 1.165) is 12.0 Å². The van der Waals surface area contributed by atoms with Crippen LogP contribution in [0, 0.1) is 0 Å². The van der Waals surface area contributed by atoms with E-state index in [4.69, 9.17) is 4.74 Å². The molecule has 0 unspecified atom stereocenters. The molecule has 0 aliphatic rings. The van der Waals surface area contributed by atoms with Crippen LogP contribution in [0.15, 0.2) is 0 Å². The van der Waals surface area contributed by atoms with Crippen LogP contribution in [0.1, 0.15) is 42.9 Å². The monoisotopic (exact) mass is 211 g/mol. The molecule has 0 aliphatic carbocycles. The molecule has 0 saturated heterocycles. The molecular formula is C10H17N3O2. The summed E-state index contributed by atoms with van der Waals surface area (Å²) in [6.07, 6.45) is 0.750. The van der Waals surface area contributed by atoms with E-state index in [0.29, 0.717) is 25.5 Å².